The summed E-state index contributed by atoms with van der Waals surface area (Å²) < 4.78 is 0. The zero-order valence-corrected chi connectivity index (χ0v) is 10.6. The van der Waals surface area contributed by atoms with Crippen molar-refractivity contribution in [3.8, 4) is 0 Å². The third kappa shape index (κ3) is 4.32. The van der Waals surface area contributed by atoms with E-state index in [9.17, 15) is 9.59 Å². The molecule has 0 aliphatic carbocycles. The summed E-state index contributed by atoms with van der Waals surface area (Å²) in [5.74, 6) is -0.465. The van der Waals surface area contributed by atoms with Crippen molar-refractivity contribution in [3.63, 3.8) is 0 Å². The van der Waals surface area contributed by atoms with E-state index in [1.165, 1.54) is 0 Å². The fraction of sp³-hybridized carbons (Fsp3) is 0.818. The summed E-state index contributed by atoms with van der Waals surface area (Å²) in [6.45, 7) is 7.48. The van der Waals surface area contributed by atoms with Gasteiger partial charge >= 0.3 is 0 Å². The van der Waals surface area contributed by atoms with E-state index in [0.717, 1.165) is 13.1 Å². The first kappa shape index (κ1) is 13.9. The van der Waals surface area contributed by atoms with E-state index < -0.39 is 5.41 Å². The minimum atomic E-state index is -1.02. The average molecular weight is 242 g/mol. The molecule has 1 saturated heterocycles. The SMILES string of the molecule is CC1(C)C(=O)NCCNCCNCCNC1=O. The first-order valence-corrected chi connectivity index (χ1v) is 6.03. The highest BCUT2D eigenvalue weighted by Gasteiger charge is 2.35. The van der Waals surface area contributed by atoms with Crippen molar-refractivity contribution in [1.29, 1.82) is 0 Å². The Kier molecular flexibility index (Phi) is 5.37. The van der Waals surface area contributed by atoms with Crippen molar-refractivity contribution in [1.82, 2.24) is 21.3 Å². The maximum Gasteiger partial charge on any atom is 0.235 e. The van der Waals surface area contributed by atoms with Crippen LogP contribution < -0.4 is 21.3 Å². The van der Waals surface area contributed by atoms with Crippen molar-refractivity contribution in [3.05, 3.63) is 0 Å². The first-order chi connectivity index (χ1) is 8.05. The van der Waals surface area contributed by atoms with Gasteiger partial charge in [-0.2, -0.15) is 0 Å². The molecule has 4 N–H and O–H groups in total. The van der Waals surface area contributed by atoms with Crippen LogP contribution in [0.25, 0.3) is 0 Å². The Hall–Kier alpha value is -1.14. The summed E-state index contributed by atoms with van der Waals surface area (Å²) in [6.07, 6.45) is 0. The second kappa shape index (κ2) is 6.56. The lowest BCUT2D eigenvalue weighted by Crippen LogP contribution is -2.49. The van der Waals surface area contributed by atoms with Gasteiger partial charge in [0.1, 0.15) is 5.41 Å². The predicted molar refractivity (Wildman–Crippen MR) is 65.5 cm³/mol. The third-order valence-electron chi connectivity index (χ3n) is 2.79. The van der Waals surface area contributed by atoms with Gasteiger partial charge in [-0.25, -0.2) is 0 Å². The van der Waals surface area contributed by atoms with E-state index in [4.69, 9.17) is 0 Å². The van der Waals surface area contributed by atoms with Gasteiger partial charge in [0, 0.05) is 39.3 Å². The van der Waals surface area contributed by atoms with E-state index in [0.29, 0.717) is 26.2 Å². The molecule has 0 unspecified atom stereocenters. The number of carbonyl (C=O) groups is 2. The van der Waals surface area contributed by atoms with Crippen LogP contribution >= 0.6 is 0 Å². The van der Waals surface area contributed by atoms with Crippen LogP contribution in [0.3, 0.4) is 0 Å². The van der Waals surface area contributed by atoms with E-state index >= 15 is 0 Å². The Morgan fingerprint density at radius 1 is 0.765 bits per heavy atom. The Labute approximate surface area is 102 Å². The molecule has 0 atom stereocenters. The second-order valence-corrected chi connectivity index (χ2v) is 4.64. The quantitative estimate of drug-likeness (QED) is 0.387. The number of hydrogen-bond acceptors (Lipinski definition) is 4. The lowest BCUT2D eigenvalue weighted by atomic mass is 9.91. The molecule has 0 aromatic heterocycles. The molecule has 1 fully saturated rings. The third-order valence-corrected chi connectivity index (χ3v) is 2.79. The molecule has 17 heavy (non-hydrogen) atoms. The molecule has 6 heteroatoms. The fourth-order valence-corrected chi connectivity index (χ4v) is 1.50. The molecule has 6 nitrogen and oxygen atoms in total. The molecule has 98 valence electrons. The van der Waals surface area contributed by atoms with Gasteiger partial charge in [0.15, 0.2) is 0 Å². The topological polar surface area (TPSA) is 82.3 Å². The van der Waals surface area contributed by atoms with Gasteiger partial charge in [0.2, 0.25) is 11.8 Å². The van der Waals surface area contributed by atoms with Gasteiger partial charge in [-0.15, -0.1) is 0 Å². The summed E-state index contributed by atoms with van der Waals surface area (Å²) >= 11 is 0. The number of nitrogens with one attached hydrogen (secondary N) is 4. The molecular weight excluding hydrogens is 220 g/mol. The van der Waals surface area contributed by atoms with E-state index in [1.54, 1.807) is 13.8 Å². The Balaban J connectivity index is 2.57. The van der Waals surface area contributed by atoms with Crippen LogP contribution in [0.1, 0.15) is 13.8 Å². The van der Waals surface area contributed by atoms with Gasteiger partial charge in [-0.1, -0.05) is 0 Å². The monoisotopic (exact) mass is 242 g/mol. The predicted octanol–water partition coefficient (Wildman–Crippen LogP) is -1.56. The van der Waals surface area contributed by atoms with Gasteiger partial charge in [0.25, 0.3) is 0 Å². The number of amides is 2. The molecule has 1 aliphatic heterocycles. The van der Waals surface area contributed by atoms with Crippen molar-refractivity contribution < 1.29 is 9.59 Å². The summed E-state index contributed by atoms with van der Waals surface area (Å²) in [7, 11) is 0. The maximum absolute atomic E-state index is 11.8. The highest BCUT2D eigenvalue weighted by molar-refractivity contribution is 6.04. The Bertz CT molecular complexity index is 253. The zero-order valence-electron chi connectivity index (χ0n) is 10.6. The second-order valence-electron chi connectivity index (χ2n) is 4.64. The number of carbonyl (C=O) groups excluding carboxylic acids is 2. The van der Waals surface area contributed by atoms with Gasteiger partial charge in [-0.05, 0) is 13.8 Å². The summed E-state index contributed by atoms with van der Waals surface area (Å²) in [5.41, 5.74) is -1.02. The zero-order chi connectivity index (χ0) is 12.7. The van der Waals surface area contributed by atoms with Crippen LogP contribution in [0.5, 0.6) is 0 Å². The highest BCUT2D eigenvalue weighted by atomic mass is 16.2. The lowest BCUT2D eigenvalue weighted by Gasteiger charge is -2.22. The van der Waals surface area contributed by atoms with Crippen LogP contribution in [0.2, 0.25) is 0 Å². The molecule has 0 bridgehead atoms. The molecule has 1 heterocycles. The van der Waals surface area contributed by atoms with Crippen LogP contribution in [0.4, 0.5) is 0 Å². The standard InChI is InChI=1S/C11H22N4O2/c1-11(2)9(16)14-7-5-12-3-4-13-6-8-15-10(11)17/h12-13H,3-8H2,1-2H3,(H,14,16)(H,15,17). The average Bonchev–Trinajstić information content (AvgIpc) is 2.30. The minimum Gasteiger partial charge on any atom is -0.354 e. The number of hydrogen-bond donors (Lipinski definition) is 4. The van der Waals surface area contributed by atoms with E-state index in [2.05, 4.69) is 21.3 Å². The van der Waals surface area contributed by atoms with Crippen molar-refractivity contribution in [2.75, 3.05) is 39.3 Å². The lowest BCUT2D eigenvalue weighted by molar-refractivity contribution is -0.141. The van der Waals surface area contributed by atoms with Crippen molar-refractivity contribution in [2.24, 2.45) is 5.41 Å². The molecule has 0 saturated carbocycles. The Morgan fingerprint density at radius 2 is 1.12 bits per heavy atom. The molecular formula is C11H22N4O2. The van der Waals surface area contributed by atoms with Crippen molar-refractivity contribution >= 4 is 11.8 Å². The summed E-state index contributed by atoms with van der Waals surface area (Å²) in [6, 6.07) is 0. The van der Waals surface area contributed by atoms with Gasteiger partial charge in [0.05, 0.1) is 0 Å². The van der Waals surface area contributed by atoms with Crippen LogP contribution in [0, 0.1) is 5.41 Å². The van der Waals surface area contributed by atoms with E-state index in [-0.39, 0.29) is 11.8 Å². The van der Waals surface area contributed by atoms with Gasteiger partial charge < -0.3 is 21.3 Å². The summed E-state index contributed by atoms with van der Waals surface area (Å²) in [5, 5.41) is 11.9. The van der Waals surface area contributed by atoms with Gasteiger partial charge in [-0.3, -0.25) is 9.59 Å². The highest BCUT2D eigenvalue weighted by Crippen LogP contribution is 2.14. The molecule has 1 rings (SSSR count). The molecule has 0 aromatic carbocycles. The number of rotatable bonds is 0. The van der Waals surface area contributed by atoms with Crippen molar-refractivity contribution in [2.45, 2.75) is 13.8 Å². The molecule has 0 spiro atoms. The molecule has 2 amide bonds. The van der Waals surface area contributed by atoms with E-state index in [1.807, 2.05) is 0 Å². The maximum atomic E-state index is 11.8. The largest absolute Gasteiger partial charge is 0.354 e. The summed E-state index contributed by atoms with van der Waals surface area (Å²) in [4.78, 5) is 23.7. The normalized spacial score (nSPS) is 23.6. The Morgan fingerprint density at radius 3 is 1.53 bits per heavy atom. The molecule has 0 radical (unpaired) electrons. The van der Waals surface area contributed by atoms with Crippen LogP contribution in [0.15, 0.2) is 0 Å². The molecule has 1 aliphatic rings. The molecule has 0 aromatic rings. The van der Waals surface area contributed by atoms with Crippen LogP contribution in [-0.4, -0.2) is 51.1 Å². The van der Waals surface area contributed by atoms with Crippen LogP contribution in [-0.2, 0) is 9.59 Å². The fourth-order valence-electron chi connectivity index (χ4n) is 1.50. The smallest absolute Gasteiger partial charge is 0.235 e. The minimum absolute atomic E-state index is 0.232. The first-order valence-electron chi connectivity index (χ1n) is 6.03.